The quantitative estimate of drug-likeness (QED) is 0.387. The number of halogens is 2. The van der Waals surface area contributed by atoms with Crippen molar-refractivity contribution in [2.75, 3.05) is 18.7 Å². The molecule has 1 heterocycles. The molecule has 1 aliphatic heterocycles. The maximum Gasteiger partial charge on any atom is 0.282 e. The van der Waals surface area contributed by atoms with Gasteiger partial charge in [-0.1, -0.05) is 11.6 Å². The van der Waals surface area contributed by atoms with Gasteiger partial charge in [0.1, 0.15) is 5.57 Å². The third-order valence-electron chi connectivity index (χ3n) is 3.82. The first-order valence-electron chi connectivity index (χ1n) is 8.07. The molecule has 0 saturated carbocycles. The molecule has 0 radical (unpaired) electrons. The predicted molar refractivity (Wildman–Crippen MR) is 112 cm³/mol. The first kappa shape index (κ1) is 19.5. The Morgan fingerprint density at radius 3 is 2.56 bits per heavy atom. The third-order valence-corrected chi connectivity index (χ3v) is 4.88. The number of methoxy groups -OCH3 is 1. The van der Waals surface area contributed by atoms with E-state index in [0.717, 1.165) is 3.57 Å². The molecule has 2 amide bonds. The first-order chi connectivity index (χ1) is 12.9. The number of rotatable bonds is 5. The van der Waals surface area contributed by atoms with Crippen LogP contribution in [0.4, 0.5) is 5.69 Å². The number of ether oxygens (including phenoxy) is 2. The average Bonchev–Trinajstić information content (AvgIpc) is 2.91. The monoisotopic (exact) mass is 498 g/mol. The molecule has 3 rings (SSSR count). The van der Waals surface area contributed by atoms with Crippen LogP contribution in [-0.2, 0) is 9.59 Å². The van der Waals surface area contributed by atoms with Gasteiger partial charge < -0.3 is 9.47 Å². The zero-order valence-electron chi connectivity index (χ0n) is 14.6. The zero-order valence-corrected chi connectivity index (χ0v) is 17.5. The molecule has 140 valence electrons. The van der Waals surface area contributed by atoms with Gasteiger partial charge >= 0.3 is 0 Å². The van der Waals surface area contributed by atoms with E-state index < -0.39 is 11.8 Å². The maximum absolute atomic E-state index is 12.7. The van der Waals surface area contributed by atoms with Gasteiger partial charge in [-0.2, -0.15) is 0 Å². The van der Waals surface area contributed by atoms with Crippen LogP contribution in [0.25, 0.3) is 6.08 Å². The van der Waals surface area contributed by atoms with E-state index in [2.05, 4.69) is 28.0 Å². The van der Waals surface area contributed by atoms with Gasteiger partial charge in [-0.25, -0.2) is 5.01 Å². The molecule has 6 nitrogen and oxygen atoms in total. The molecule has 2 aromatic rings. The number of nitrogens with one attached hydrogen (secondary N) is 1. The van der Waals surface area contributed by atoms with Gasteiger partial charge in [0.2, 0.25) is 0 Å². The standard InChI is InChI=1S/C19H16ClIN2O4/c1-3-27-16-10-11(9-15(21)17(16)26-2)8-14-18(24)22-23(19(14)25)13-6-4-12(20)5-7-13/h4-10H,3H2,1-2H3,(H,22,24). The molecule has 0 bridgehead atoms. The van der Waals surface area contributed by atoms with E-state index in [-0.39, 0.29) is 5.57 Å². The average molecular weight is 499 g/mol. The topological polar surface area (TPSA) is 67.9 Å². The molecular formula is C19H16ClIN2O4. The van der Waals surface area contributed by atoms with E-state index in [1.807, 2.05) is 13.0 Å². The number of amides is 2. The van der Waals surface area contributed by atoms with Crippen LogP contribution < -0.4 is 19.9 Å². The summed E-state index contributed by atoms with van der Waals surface area (Å²) in [5, 5.41) is 1.74. The lowest BCUT2D eigenvalue weighted by molar-refractivity contribution is -0.117. The highest BCUT2D eigenvalue weighted by Gasteiger charge is 2.34. The summed E-state index contributed by atoms with van der Waals surface area (Å²) in [6, 6.07) is 10.2. The largest absolute Gasteiger partial charge is 0.492 e. The van der Waals surface area contributed by atoms with E-state index in [1.165, 1.54) is 11.1 Å². The second-order valence-corrected chi connectivity index (χ2v) is 7.18. The summed E-state index contributed by atoms with van der Waals surface area (Å²) in [6.45, 7) is 2.34. The van der Waals surface area contributed by atoms with Crippen molar-refractivity contribution < 1.29 is 19.1 Å². The highest BCUT2D eigenvalue weighted by atomic mass is 127. The molecular weight excluding hydrogens is 483 g/mol. The van der Waals surface area contributed by atoms with Crippen LogP contribution in [0.3, 0.4) is 0 Å². The smallest absolute Gasteiger partial charge is 0.282 e. The lowest BCUT2D eigenvalue weighted by Crippen LogP contribution is -2.35. The van der Waals surface area contributed by atoms with Crippen molar-refractivity contribution in [1.82, 2.24) is 5.43 Å². The predicted octanol–water partition coefficient (Wildman–Crippen LogP) is 3.81. The van der Waals surface area contributed by atoms with Crippen LogP contribution in [0.2, 0.25) is 5.02 Å². The van der Waals surface area contributed by atoms with Gasteiger partial charge in [-0.15, -0.1) is 0 Å². The summed E-state index contributed by atoms with van der Waals surface area (Å²) in [4.78, 5) is 25.0. The van der Waals surface area contributed by atoms with Crippen molar-refractivity contribution in [1.29, 1.82) is 0 Å². The molecule has 1 aliphatic rings. The maximum atomic E-state index is 12.7. The van der Waals surface area contributed by atoms with Crippen molar-refractivity contribution in [2.45, 2.75) is 6.92 Å². The van der Waals surface area contributed by atoms with Gasteiger partial charge in [-0.05, 0) is 77.6 Å². The summed E-state index contributed by atoms with van der Waals surface area (Å²) in [5.74, 6) is 0.258. The Kier molecular flexibility index (Phi) is 5.91. The number of hydrazine groups is 1. The fraction of sp³-hybridized carbons (Fsp3) is 0.158. The fourth-order valence-electron chi connectivity index (χ4n) is 2.63. The molecule has 1 N–H and O–H groups in total. The minimum atomic E-state index is -0.473. The highest BCUT2D eigenvalue weighted by molar-refractivity contribution is 14.1. The number of carbonyl (C=O) groups is 2. The van der Waals surface area contributed by atoms with Gasteiger partial charge in [-0.3, -0.25) is 15.0 Å². The van der Waals surface area contributed by atoms with Gasteiger partial charge in [0.25, 0.3) is 11.8 Å². The molecule has 8 heteroatoms. The highest BCUT2D eigenvalue weighted by Crippen LogP contribution is 2.35. The minimum absolute atomic E-state index is 0.0355. The first-order valence-corrected chi connectivity index (χ1v) is 9.53. The number of hydrogen-bond donors (Lipinski definition) is 1. The summed E-state index contributed by atoms with van der Waals surface area (Å²) < 4.78 is 11.8. The fourth-order valence-corrected chi connectivity index (χ4v) is 3.60. The number of nitrogens with zero attached hydrogens (tertiary/aromatic N) is 1. The normalized spacial score (nSPS) is 15.3. The Balaban J connectivity index is 1.96. The van der Waals surface area contributed by atoms with Gasteiger partial charge in [0.15, 0.2) is 11.5 Å². The Labute approximate surface area is 175 Å². The van der Waals surface area contributed by atoms with E-state index in [9.17, 15) is 9.59 Å². The number of hydrogen-bond acceptors (Lipinski definition) is 4. The van der Waals surface area contributed by atoms with Crippen molar-refractivity contribution in [3.05, 3.63) is 56.1 Å². The Morgan fingerprint density at radius 2 is 1.93 bits per heavy atom. The second kappa shape index (κ2) is 8.18. The van der Waals surface area contributed by atoms with Crippen molar-refractivity contribution in [2.24, 2.45) is 0 Å². The molecule has 0 atom stereocenters. The van der Waals surface area contributed by atoms with Crippen molar-refractivity contribution in [3.8, 4) is 11.5 Å². The van der Waals surface area contributed by atoms with E-state index in [1.54, 1.807) is 37.4 Å². The Bertz CT molecular complexity index is 928. The van der Waals surface area contributed by atoms with E-state index in [0.29, 0.717) is 34.4 Å². The zero-order chi connectivity index (χ0) is 19.6. The minimum Gasteiger partial charge on any atom is -0.492 e. The summed E-state index contributed by atoms with van der Waals surface area (Å²) in [7, 11) is 1.57. The molecule has 0 aromatic heterocycles. The summed E-state index contributed by atoms with van der Waals surface area (Å²) in [5.41, 5.74) is 3.79. The lowest BCUT2D eigenvalue weighted by Gasteiger charge is -2.14. The summed E-state index contributed by atoms with van der Waals surface area (Å²) in [6.07, 6.45) is 1.54. The van der Waals surface area contributed by atoms with Crippen LogP contribution in [0.5, 0.6) is 11.5 Å². The number of benzene rings is 2. The Morgan fingerprint density at radius 1 is 1.22 bits per heavy atom. The van der Waals surface area contributed by atoms with Crippen LogP contribution in [-0.4, -0.2) is 25.5 Å². The van der Waals surface area contributed by atoms with E-state index >= 15 is 0 Å². The molecule has 0 spiro atoms. The lowest BCUT2D eigenvalue weighted by atomic mass is 10.1. The van der Waals surface area contributed by atoms with Crippen LogP contribution >= 0.6 is 34.2 Å². The third kappa shape index (κ3) is 4.03. The molecule has 1 saturated heterocycles. The van der Waals surface area contributed by atoms with E-state index in [4.69, 9.17) is 21.1 Å². The van der Waals surface area contributed by atoms with Gasteiger partial charge in [0, 0.05) is 5.02 Å². The van der Waals surface area contributed by atoms with Crippen molar-refractivity contribution >= 4 is 57.8 Å². The van der Waals surface area contributed by atoms with Crippen LogP contribution in [0.15, 0.2) is 42.0 Å². The number of anilines is 1. The molecule has 27 heavy (non-hydrogen) atoms. The molecule has 1 fully saturated rings. The van der Waals surface area contributed by atoms with Crippen molar-refractivity contribution in [3.63, 3.8) is 0 Å². The second-order valence-electron chi connectivity index (χ2n) is 5.58. The van der Waals surface area contributed by atoms with Crippen LogP contribution in [0, 0.1) is 3.57 Å². The molecule has 0 unspecified atom stereocenters. The molecule has 2 aromatic carbocycles. The van der Waals surface area contributed by atoms with Gasteiger partial charge in [0.05, 0.1) is 23.0 Å². The SMILES string of the molecule is CCOc1cc(C=C2C(=O)NN(c3ccc(Cl)cc3)C2=O)cc(I)c1OC. The molecule has 0 aliphatic carbocycles. The Hall–Kier alpha value is -2.26. The number of carbonyl (C=O) groups excluding carboxylic acids is 2. The summed E-state index contributed by atoms with van der Waals surface area (Å²) >= 11 is 8.00. The van der Waals surface area contributed by atoms with Crippen LogP contribution in [0.1, 0.15) is 12.5 Å².